The number of aromatic nitrogens is 1. The Kier molecular flexibility index (Phi) is 3.20. The largest absolute Gasteiger partial charge is 0.378 e. The molecule has 0 atom stereocenters. The van der Waals surface area contributed by atoms with E-state index in [0.29, 0.717) is 6.54 Å². The van der Waals surface area contributed by atoms with E-state index in [1.165, 1.54) is 0 Å². The Morgan fingerprint density at radius 3 is 2.60 bits per heavy atom. The van der Waals surface area contributed by atoms with Crippen molar-refractivity contribution in [2.24, 2.45) is 0 Å². The molecule has 0 saturated heterocycles. The summed E-state index contributed by atoms with van der Waals surface area (Å²) >= 11 is 6.01. The minimum Gasteiger partial charge on any atom is -0.378 e. The fourth-order valence-corrected chi connectivity index (χ4v) is 1.50. The molecule has 2 aromatic rings. The van der Waals surface area contributed by atoms with E-state index in [2.05, 4.69) is 10.3 Å². The standard InChI is InChI=1S/C12H11ClN2/c13-11-6-1-2-7-12(11)15-9-10-5-3-4-8-14-10/h1-8,15H,9H2. The minimum absolute atomic E-state index is 0.685. The highest BCUT2D eigenvalue weighted by Crippen LogP contribution is 2.20. The van der Waals surface area contributed by atoms with E-state index in [4.69, 9.17) is 11.6 Å². The summed E-state index contributed by atoms with van der Waals surface area (Å²) in [6.07, 6.45) is 1.78. The topological polar surface area (TPSA) is 24.9 Å². The summed E-state index contributed by atoms with van der Waals surface area (Å²) in [5, 5.41) is 3.96. The van der Waals surface area contributed by atoms with Gasteiger partial charge in [-0.1, -0.05) is 29.8 Å². The van der Waals surface area contributed by atoms with Crippen molar-refractivity contribution < 1.29 is 0 Å². The van der Waals surface area contributed by atoms with Crippen LogP contribution in [0, 0.1) is 0 Å². The minimum atomic E-state index is 0.685. The Morgan fingerprint density at radius 1 is 1.07 bits per heavy atom. The lowest BCUT2D eigenvalue weighted by Crippen LogP contribution is -2.01. The number of nitrogens with one attached hydrogen (secondary N) is 1. The Labute approximate surface area is 93.9 Å². The van der Waals surface area contributed by atoms with E-state index in [0.717, 1.165) is 16.4 Å². The number of benzene rings is 1. The van der Waals surface area contributed by atoms with Crippen LogP contribution in [0.15, 0.2) is 48.7 Å². The Bertz CT molecular complexity index is 429. The Hall–Kier alpha value is -1.54. The van der Waals surface area contributed by atoms with Crippen LogP contribution in [-0.4, -0.2) is 4.98 Å². The molecule has 0 aliphatic carbocycles. The van der Waals surface area contributed by atoms with Crippen molar-refractivity contribution in [2.75, 3.05) is 5.32 Å². The fraction of sp³-hybridized carbons (Fsp3) is 0.0833. The molecule has 0 saturated carbocycles. The van der Waals surface area contributed by atoms with Crippen molar-refractivity contribution in [3.63, 3.8) is 0 Å². The molecule has 1 aromatic heterocycles. The first-order chi connectivity index (χ1) is 7.36. The van der Waals surface area contributed by atoms with Gasteiger partial charge in [0, 0.05) is 6.20 Å². The number of anilines is 1. The SMILES string of the molecule is Clc1ccccc1NCc1ccccn1. The lowest BCUT2D eigenvalue weighted by atomic mass is 10.3. The monoisotopic (exact) mass is 218 g/mol. The molecule has 0 bridgehead atoms. The van der Waals surface area contributed by atoms with Gasteiger partial charge in [0.1, 0.15) is 0 Å². The van der Waals surface area contributed by atoms with E-state index in [1.54, 1.807) is 6.20 Å². The quantitative estimate of drug-likeness (QED) is 0.855. The molecule has 0 amide bonds. The molecule has 1 N–H and O–H groups in total. The lowest BCUT2D eigenvalue weighted by Gasteiger charge is -2.06. The van der Waals surface area contributed by atoms with Gasteiger partial charge in [-0.15, -0.1) is 0 Å². The molecule has 0 fully saturated rings. The second-order valence-corrected chi connectivity index (χ2v) is 3.56. The van der Waals surface area contributed by atoms with Gasteiger partial charge in [0.25, 0.3) is 0 Å². The van der Waals surface area contributed by atoms with Crippen molar-refractivity contribution in [3.05, 3.63) is 59.4 Å². The first kappa shape index (κ1) is 9.99. The van der Waals surface area contributed by atoms with Crippen LogP contribution < -0.4 is 5.32 Å². The van der Waals surface area contributed by atoms with Gasteiger partial charge in [-0.05, 0) is 24.3 Å². The van der Waals surface area contributed by atoms with Crippen molar-refractivity contribution in [3.8, 4) is 0 Å². The number of rotatable bonds is 3. The summed E-state index contributed by atoms with van der Waals surface area (Å²) in [4.78, 5) is 4.22. The molecule has 76 valence electrons. The zero-order valence-corrected chi connectivity index (χ0v) is 8.91. The average molecular weight is 219 g/mol. The third-order valence-corrected chi connectivity index (χ3v) is 2.39. The van der Waals surface area contributed by atoms with Gasteiger partial charge < -0.3 is 5.32 Å². The molecular weight excluding hydrogens is 208 g/mol. The second-order valence-electron chi connectivity index (χ2n) is 3.15. The normalized spacial score (nSPS) is 9.93. The van der Waals surface area contributed by atoms with Gasteiger partial charge in [0.2, 0.25) is 0 Å². The highest BCUT2D eigenvalue weighted by Gasteiger charge is 1.97. The molecule has 2 nitrogen and oxygen atoms in total. The molecule has 1 aromatic carbocycles. The van der Waals surface area contributed by atoms with Crippen LogP contribution in [0.1, 0.15) is 5.69 Å². The summed E-state index contributed by atoms with van der Waals surface area (Å²) in [6, 6.07) is 13.5. The number of halogens is 1. The van der Waals surface area contributed by atoms with E-state index >= 15 is 0 Å². The maximum atomic E-state index is 6.01. The predicted octanol–water partition coefficient (Wildman–Crippen LogP) is 3.35. The number of nitrogens with zero attached hydrogens (tertiary/aromatic N) is 1. The third-order valence-electron chi connectivity index (χ3n) is 2.06. The molecule has 0 spiro atoms. The van der Waals surface area contributed by atoms with E-state index in [9.17, 15) is 0 Å². The zero-order chi connectivity index (χ0) is 10.5. The smallest absolute Gasteiger partial charge is 0.0637 e. The molecule has 0 aliphatic heterocycles. The van der Waals surface area contributed by atoms with Gasteiger partial charge in [-0.3, -0.25) is 4.98 Å². The maximum Gasteiger partial charge on any atom is 0.0637 e. The Morgan fingerprint density at radius 2 is 1.87 bits per heavy atom. The van der Waals surface area contributed by atoms with E-state index in [1.807, 2.05) is 42.5 Å². The highest BCUT2D eigenvalue weighted by molar-refractivity contribution is 6.33. The molecule has 2 rings (SSSR count). The van der Waals surface area contributed by atoms with Crippen LogP contribution >= 0.6 is 11.6 Å². The molecule has 0 aliphatic rings. The van der Waals surface area contributed by atoms with Gasteiger partial charge in [0.05, 0.1) is 22.9 Å². The highest BCUT2D eigenvalue weighted by atomic mass is 35.5. The summed E-state index contributed by atoms with van der Waals surface area (Å²) in [6.45, 7) is 0.685. The van der Waals surface area contributed by atoms with Crippen molar-refractivity contribution in [2.45, 2.75) is 6.54 Å². The van der Waals surface area contributed by atoms with Gasteiger partial charge in [0.15, 0.2) is 0 Å². The molecule has 1 heterocycles. The maximum absolute atomic E-state index is 6.01. The molecule has 3 heteroatoms. The predicted molar refractivity (Wildman–Crippen MR) is 63.0 cm³/mol. The first-order valence-electron chi connectivity index (χ1n) is 4.74. The van der Waals surface area contributed by atoms with Gasteiger partial charge >= 0.3 is 0 Å². The summed E-state index contributed by atoms with van der Waals surface area (Å²) in [5.41, 5.74) is 1.93. The van der Waals surface area contributed by atoms with E-state index in [-0.39, 0.29) is 0 Å². The Balaban J connectivity index is 2.03. The first-order valence-corrected chi connectivity index (χ1v) is 5.12. The van der Waals surface area contributed by atoms with Crippen LogP contribution in [0.25, 0.3) is 0 Å². The van der Waals surface area contributed by atoms with Gasteiger partial charge in [-0.25, -0.2) is 0 Å². The number of pyridine rings is 1. The number of hydrogen-bond donors (Lipinski definition) is 1. The second kappa shape index (κ2) is 4.80. The van der Waals surface area contributed by atoms with Crippen molar-refractivity contribution in [1.29, 1.82) is 0 Å². The summed E-state index contributed by atoms with van der Waals surface area (Å²) in [7, 11) is 0. The van der Waals surface area contributed by atoms with Crippen molar-refractivity contribution >= 4 is 17.3 Å². The summed E-state index contributed by atoms with van der Waals surface area (Å²) in [5.74, 6) is 0. The van der Waals surface area contributed by atoms with Crippen LogP contribution in [-0.2, 0) is 6.54 Å². The van der Waals surface area contributed by atoms with Crippen molar-refractivity contribution in [1.82, 2.24) is 4.98 Å². The third kappa shape index (κ3) is 2.70. The number of para-hydroxylation sites is 1. The van der Waals surface area contributed by atoms with Crippen LogP contribution in [0.3, 0.4) is 0 Å². The zero-order valence-electron chi connectivity index (χ0n) is 8.15. The molecule has 0 unspecified atom stereocenters. The molecule has 15 heavy (non-hydrogen) atoms. The lowest BCUT2D eigenvalue weighted by molar-refractivity contribution is 1.05. The molecule has 0 radical (unpaired) electrons. The van der Waals surface area contributed by atoms with Crippen LogP contribution in [0.5, 0.6) is 0 Å². The van der Waals surface area contributed by atoms with Crippen LogP contribution in [0.2, 0.25) is 5.02 Å². The average Bonchev–Trinajstić information content (AvgIpc) is 2.29. The number of hydrogen-bond acceptors (Lipinski definition) is 2. The van der Waals surface area contributed by atoms with E-state index < -0.39 is 0 Å². The fourth-order valence-electron chi connectivity index (χ4n) is 1.29. The molecular formula is C12H11ClN2. The summed E-state index contributed by atoms with van der Waals surface area (Å²) < 4.78 is 0. The van der Waals surface area contributed by atoms with Gasteiger partial charge in [-0.2, -0.15) is 0 Å². The van der Waals surface area contributed by atoms with Crippen LogP contribution in [0.4, 0.5) is 5.69 Å².